The fraction of sp³-hybridized carbons (Fsp3) is 0.118. The van der Waals surface area contributed by atoms with E-state index < -0.39 is 18.1 Å². The number of rotatable bonds is 5. The molecule has 1 amide bonds. The second kappa shape index (κ2) is 7.18. The Bertz CT molecular complexity index is 911. The summed E-state index contributed by atoms with van der Waals surface area (Å²) in [5.74, 6) is -1.19. The molecule has 1 unspecified atom stereocenters. The lowest BCUT2D eigenvalue weighted by Crippen LogP contribution is -2.34. The summed E-state index contributed by atoms with van der Waals surface area (Å²) in [5.41, 5.74) is 7.56. The molecule has 0 aliphatic heterocycles. The summed E-state index contributed by atoms with van der Waals surface area (Å²) in [7, 11) is 0. The molecule has 7 nitrogen and oxygen atoms in total. The smallest absolute Gasteiger partial charge is 0.408 e. The highest BCUT2D eigenvalue weighted by Crippen LogP contribution is 2.27. The number of nitrogens with one attached hydrogen (secondary N) is 1. The van der Waals surface area contributed by atoms with Crippen molar-refractivity contribution in [1.29, 1.82) is 0 Å². The van der Waals surface area contributed by atoms with Crippen molar-refractivity contribution in [3.05, 3.63) is 59.7 Å². The van der Waals surface area contributed by atoms with Gasteiger partial charge in [0.15, 0.2) is 11.2 Å². The van der Waals surface area contributed by atoms with E-state index in [9.17, 15) is 14.7 Å². The van der Waals surface area contributed by atoms with Crippen molar-refractivity contribution in [3.63, 3.8) is 0 Å². The number of thiazole rings is 1. The molecule has 8 heteroatoms. The SMILES string of the molecule is Nc1nc2ccc(C(NC(=O)OCc3ccccc3)C(=O)O)cc2s1. The largest absolute Gasteiger partial charge is 0.479 e. The molecule has 128 valence electrons. The van der Waals surface area contributed by atoms with Gasteiger partial charge in [0.2, 0.25) is 0 Å². The molecule has 0 saturated carbocycles. The summed E-state index contributed by atoms with van der Waals surface area (Å²) >= 11 is 1.25. The first kappa shape index (κ1) is 16.7. The van der Waals surface area contributed by atoms with Gasteiger partial charge in [0.1, 0.15) is 6.61 Å². The van der Waals surface area contributed by atoms with Crippen LogP contribution in [0.4, 0.5) is 9.93 Å². The predicted octanol–water partition coefficient (Wildman–Crippen LogP) is 2.93. The minimum atomic E-state index is -1.23. The highest BCUT2D eigenvalue weighted by Gasteiger charge is 2.23. The van der Waals surface area contributed by atoms with Gasteiger partial charge in [0.25, 0.3) is 0 Å². The molecular weight excluding hydrogens is 342 g/mol. The maximum absolute atomic E-state index is 11.9. The third-order valence-electron chi connectivity index (χ3n) is 3.48. The number of carboxylic acids is 1. The number of fused-ring (bicyclic) bond motifs is 1. The van der Waals surface area contributed by atoms with Crippen molar-refractivity contribution in [2.45, 2.75) is 12.6 Å². The average Bonchev–Trinajstić information content (AvgIpc) is 2.97. The summed E-state index contributed by atoms with van der Waals surface area (Å²) in [5, 5.41) is 12.2. The van der Waals surface area contributed by atoms with Crippen LogP contribution in [0.25, 0.3) is 10.2 Å². The van der Waals surface area contributed by atoms with E-state index in [1.807, 2.05) is 30.3 Å². The Morgan fingerprint density at radius 1 is 1.24 bits per heavy atom. The molecule has 3 aromatic rings. The minimum absolute atomic E-state index is 0.0590. The molecule has 0 aliphatic rings. The number of nitrogen functional groups attached to an aromatic ring is 1. The molecule has 4 N–H and O–H groups in total. The van der Waals surface area contributed by atoms with Crippen LogP contribution < -0.4 is 11.1 Å². The van der Waals surface area contributed by atoms with E-state index in [4.69, 9.17) is 10.5 Å². The molecule has 0 fully saturated rings. The number of hydrogen-bond donors (Lipinski definition) is 3. The number of ether oxygens (including phenoxy) is 1. The van der Waals surface area contributed by atoms with E-state index in [0.717, 1.165) is 10.3 Å². The molecule has 2 aromatic carbocycles. The zero-order valence-electron chi connectivity index (χ0n) is 13.0. The lowest BCUT2D eigenvalue weighted by Gasteiger charge is -2.15. The molecular formula is C17H15N3O4S. The Morgan fingerprint density at radius 3 is 2.72 bits per heavy atom. The van der Waals surface area contributed by atoms with Crippen LogP contribution in [0.2, 0.25) is 0 Å². The average molecular weight is 357 g/mol. The number of carboxylic acid groups (broad SMARTS) is 1. The van der Waals surface area contributed by atoms with Gasteiger partial charge in [0.05, 0.1) is 10.2 Å². The first-order valence-electron chi connectivity index (χ1n) is 7.39. The van der Waals surface area contributed by atoms with E-state index >= 15 is 0 Å². The summed E-state index contributed by atoms with van der Waals surface area (Å²) in [4.78, 5) is 27.6. The predicted molar refractivity (Wildman–Crippen MR) is 94.2 cm³/mol. The highest BCUT2D eigenvalue weighted by atomic mass is 32.1. The lowest BCUT2D eigenvalue weighted by atomic mass is 10.1. The number of hydrogen-bond acceptors (Lipinski definition) is 6. The maximum Gasteiger partial charge on any atom is 0.408 e. The van der Waals surface area contributed by atoms with Gasteiger partial charge in [-0.25, -0.2) is 14.6 Å². The molecule has 0 bridgehead atoms. The van der Waals surface area contributed by atoms with Crippen molar-refractivity contribution in [1.82, 2.24) is 10.3 Å². The monoisotopic (exact) mass is 357 g/mol. The summed E-state index contributed by atoms with van der Waals surface area (Å²) < 4.78 is 5.83. The van der Waals surface area contributed by atoms with E-state index in [1.54, 1.807) is 18.2 Å². The Balaban J connectivity index is 1.71. The van der Waals surface area contributed by atoms with Gasteiger partial charge in [-0.1, -0.05) is 47.7 Å². The Hall–Kier alpha value is -3.13. The first-order valence-corrected chi connectivity index (χ1v) is 8.20. The number of amides is 1. The quantitative estimate of drug-likeness (QED) is 0.647. The van der Waals surface area contributed by atoms with Gasteiger partial charge >= 0.3 is 12.1 Å². The number of anilines is 1. The van der Waals surface area contributed by atoms with Crippen LogP contribution in [0.3, 0.4) is 0 Å². The number of aliphatic carboxylic acids is 1. The molecule has 0 spiro atoms. The van der Waals surface area contributed by atoms with Crippen LogP contribution in [0.1, 0.15) is 17.2 Å². The van der Waals surface area contributed by atoms with Gasteiger partial charge in [-0.3, -0.25) is 0 Å². The minimum Gasteiger partial charge on any atom is -0.479 e. The normalized spacial score (nSPS) is 11.8. The van der Waals surface area contributed by atoms with Crippen LogP contribution >= 0.6 is 11.3 Å². The third kappa shape index (κ3) is 4.04. The van der Waals surface area contributed by atoms with Crippen molar-refractivity contribution < 1.29 is 19.4 Å². The molecule has 0 radical (unpaired) electrons. The zero-order valence-corrected chi connectivity index (χ0v) is 13.8. The Morgan fingerprint density at radius 2 is 2.00 bits per heavy atom. The van der Waals surface area contributed by atoms with E-state index in [0.29, 0.717) is 16.2 Å². The van der Waals surface area contributed by atoms with Gasteiger partial charge in [-0.05, 0) is 23.3 Å². The van der Waals surface area contributed by atoms with Crippen LogP contribution in [-0.2, 0) is 16.1 Å². The second-order valence-electron chi connectivity index (χ2n) is 5.26. The van der Waals surface area contributed by atoms with Crippen LogP contribution in [0.15, 0.2) is 48.5 Å². The number of alkyl carbamates (subject to hydrolysis) is 1. The summed E-state index contributed by atoms with van der Waals surface area (Å²) in [6.07, 6.45) is -0.805. The third-order valence-corrected chi connectivity index (χ3v) is 4.33. The van der Waals surface area contributed by atoms with Gasteiger partial charge in [-0.2, -0.15) is 0 Å². The van der Waals surface area contributed by atoms with E-state index in [-0.39, 0.29) is 6.61 Å². The van der Waals surface area contributed by atoms with Gasteiger partial charge < -0.3 is 20.9 Å². The Labute approximate surface area is 147 Å². The summed E-state index contributed by atoms with van der Waals surface area (Å²) in [6.45, 7) is 0.0590. The standard InChI is InChI=1S/C17H15N3O4S/c18-16-19-12-7-6-11(8-13(12)25-16)14(15(21)22)20-17(23)24-9-10-4-2-1-3-5-10/h1-8,14H,9H2,(H2,18,19)(H,20,23)(H,21,22). The Kier molecular flexibility index (Phi) is 4.80. The van der Waals surface area contributed by atoms with Crippen LogP contribution in [0.5, 0.6) is 0 Å². The number of nitrogens with two attached hydrogens (primary N) is 1. The van der Waals surface area contributed by atoms with Crippen molar-refractivity contribution >= 4 is 38.7 Å². The lowest BCUT2D eigenvalue weighted by molar-refractivity contribution is -0.139. The first-order chi connectivity index (χ1) is 12.0. The molecule has 0 saturated heterocycles. The number of nitrogens with zero attached hydrogens (tertiary/aromatic N) is 1. The number of aromatic nitrogens is 1. The zero-order chi connectivity index (χ0) is 17.8. The van der Waals surface area contributed by atoms with Crippen LogP contribution in [0, 0.1) is 0 Å². The van der Waals surface area contributed by atoms with E-state index in [1.165, 1.54) is 11.3 Å². The van der Waals surface area contributed by atoms with Crippen molar-refractivity contribution in [2.24, 2.45) is 0 Å². The second-order valence-corrected chi connectivity index (χ2v) is 6.32. The van der Waals surface area contributed by atoms with E-state index in [2.05, 4.69) is 10.3 Å². The van der Waals surface area contributed by atoms with Crippen LogP contribution in [-0.4, -0.2) is 22.2 Å². The van der Waals surface area contributed by atoms with Gasteiger partial charge in [-0.15, -0.1) is 0 Å². The number of carbonyl (C=O) groups excluding carboxylic acids is 1. The molecule has 3 rings (SSSR count). The number of benzene rings is 2. The van der Waals surface area contributed by atoms with Gasteiger partial charge in [0, 0.05) is 0 Å². The molecule has 1 atom stereocenters. The van der Waals surface area contributed by atoms with Crippen molar-refractivity contribution in [3.8, 4) is 0 Å². The fourth-order valence-corrected chi connectivity index (χ4v) is 3.09. The topological polar surface area (TPSA) is 115 Å². The molecule has 25 heavy (non-hydrogen) atoms. The molecule has 1 aromatic heterocycles. The molecule has 1 heterocycles. The summed E-state index contributed by atoms with van der Waals surface area (Å²) in [6, 6.07) is 12.8. The highest BCUT2D eigenvalue weighted by molar-refractivity contribution is 7.22. The maximum atomic E-state index is 11.9. The number of carbonyl (C=O) groups is 2. The fourth-order valence-electron chi connectivity index (χ4n) is 2.31. The molecule has 0 aliphatic carbocycles. The van der Waals surface area contributed by atoms with Crippen molar-refractivity contribution in [2.75, 3.05) is 5.73 Å².